The van der Waals surface area contributed by atoms with Gasteiger partial charge < -0.3 is 19.9 Å². The molecule has 3 aromatic rings. The third-order valence-electron chi connectivity index (χ3n) is 5.56. The fraction of sp³-hybridized carbons (Fsp3) is 0.348. The molecule has 0 spiro atoms. The van der Waals surface area contributed by atoms with Gasteiger partial charge in [-0.1, -0.05) is 18.2 Å². The Hall–Kier alpha value is -2.97. The number of quaternary nitrogens is 1. The molecule has 0 fully saturated rings. The van der Waals surface area contributed by atoms with Crippen LogP contribution >= 0.6 is 12.2 Å². The topological polar surface area (TPSA) is 80.6 Å². The van der Waals surface area contributed by atoms with Gasteiger partial charge in [0.25, 0.3) is 11.5 Å². The molecule has 0 atom stereocenters. The number of para-hydroxylation sites is 1. The minimum Gasteiger partial charge on any atom is -0.496 e. The Morgan fingerprint density at radius 1 is 1.19 bits per heavy atom. The summed E-state index contributed by atoms with van der Waals surface area (Å²) in [6, 6.07) is 12.5. The summed E-state index contributed by atoms with van der Waals surface area (Å²) in [5, 5.41) is 3.41. The zero-order valence-corrected chi connectivity index (χ0v) is 19.0. The Bertz CT molecular complexity index is 1180. The fourth-order valence-electron chi connectivity index (χ4n) is 3.60. The molecule has 3 N–H and O–H groups in total. The van der Waals surface area contributed by atoms with E-state index in [1.807, 2.05) is 24.3 Å². The van der Waals surface area contributed by atoms with Crippen molar-refractivity contribution in [1.82, 2.24) is 14.9 Å². The second kappa shape index (κ2) is 10.4. The maximum Gasteiger partial charge on any atom is 0.262 e. The van der Waals surface area contributed by atoms with E-state index in [9.17, 15) is 9.59 Å². The number of benzene rings is 2. The van der Waals surface area contributed by atoms with E-state index in [2.05, 4.69) is 24.1 Å². The zero-order valence-electron chi connectivity index (χ0n) is 18.2. The zero-order chi connectivity index (χ0) is 22.4. The number of ether oxygens (including phenoxy) is 1. The van der Waals surface area contributed by atoms with Gasteiger partial charge in [0.05, 0.1) is 44.2 Å². The average molecular weight is 442 g/mol. The summed E-state index contributed by atoms with van der Waals surface area (Å²) in [4.78, 5) is 30.1. The van der Waals surface area contributed by atoms with E-state index in [0.29, 0.717) is 34.3 Å². The Labute approximate surface area is 186 Å². The largest absolute Gasteiger partial charge is 0.496 e. The number of carbonyl (C=O) groups is 1. The molecule has 31 heavy (non-hydrogen) atoms. The van der Waals surface area contributed by atoms with E-state index in [1.54, 1.807) is 29.9 Å². The lowest BCUT2D eigenvalue weighted by Crippen LogP contribution is -3.11. The summed E-state index contributed by atoms with van der Waals surface area (Å²) in [5.74, 6) is 0.485. The lowest BCUT2D eigenvalue weighted by molar-refractivity contribution is -0.897. The van der Waals surface area contributed by atoms with Crippen molar-refractivity contribution in [3.63, 3.8) is 0 Å². The summed E-state index contributed by atoms with van der Waals surface area (Å²) in [6.45, 7) is 7.99. The van der Waals surface area contributed by atoms with Crippen molar-refractivity contribution < 1.29 is 14.4 Å². The van der Waals surface area contributed by atoms with Gasteiger partial charge in [-0.3, -0.25) is 14.2 Å². The monoisotopic (exact) mass is 441 g/mol. The van der Waals surface area contributed by atoms with Crippen molar-refractivity contribution in [2.45, 2.75) is 26.9 Å². The Morgan fingerprint density at radius 3 is 2.65 bits per heavy atom. The number of fused-ring (bicyclic) bond motifs is 1. The second-order valence-electron chi connectivity index (χ2n) is 7.35. The highest BCUT2D eigenvalue weighted by Gasteiger charge is 2.12. The highest BCUT2D eigenvalue weighted by atomic mass is 32.1. The van der Waals surface area contributed by atoms with E-state index in [1.165, 1.54) is 4.90 Å². The van der Waals surface area contributed by atoms with Crippen LogP contribution in [0.15, 0.2) is 47.3 Å². The summed E-state index contributed by atoms with van der Waals surface area (Å²) in [6.07, 6.45) is 0. The van der Waals surface area contributed by atoms with Crippen molar-refractivity contribution in [3.05, 3.63) is 68.7 Å². The Balaban J connectivity index is 1.81. The molecule has 7 nitrogen and oxygen atoms in total. The number of rotatable bonds is 9. The quantitative estimate of drug-likeness (QED) is 0.443. The number of hydrogen-bond donors (Lipinski definition) is 3. The molecule has 1 aromatic heterocycles. The van der Waals surface area contributed by atoms with Crippen LogP contribution in [-0.4, -0.2) is 42.2 Å². The molecular formula is C23H29N4O3S+. The smallest absolute Gasteiger partial charge is 0.262 e. The minimum absolute atomic E-state index is 0.133. The molecular weight excluding hydrogens is 412 g/mol. The van der Waals surface area contributed by atoms with Gasteiger partial charge >= 0.3 is 0 Å². The Morgan fingerprint density at radius 2 is 1.94 bits per heavy atom. The van der Waals surface area contributed by atoms with E-state index < -0.39 is 0 Å². The standard InChI is InChI=1S/C23H28N4O3S/c1-4-26(5-2)12-13-27-22(29)18-11-10-16(14-19(18)25-23(27)31)21(28)24-15-17-8-6-7-9-20(17)30-3/h6-11,14H,4-5,12-13,15H2,1-3H3,(H,24,28)(H,25,31)/p+1. The predicted molar refractivity (Wildman–Crippen MR) is 124 cm³/mol. The maximum atomic E-state index is 13.0. The number of aromatic amines is 1. The van der Waals surface area contributed by atoms with Crippen LogP contribution in [0.25, 0.3) is 10.9 Å². The van der Waals surface area contributed by atoms with Crippen LogP contribution in [0.1, 0.15) is 29.8 Å². The first-order chi connectivity index (χ1) is 15.0. The van der Waals surface area contributed by atoms with Crippen molar-refractivity contribution in [2.24, 2.45) is 0 Å². The molecule has 164 valence electrons. The van der Waals surface area contributed by atoms with Gasteiger partial charge in [-0.15, -0.1) is 0 Å². The predicted octanol–water partition coefficient (Wildman–Crippen LogP) is 1.92. The van der Waals surface area contributed by atoms with Crippen LogP contribution < -0.4 is 20.5 Å². The maximum absolute atomic E-state index is 13.0. The highest BCUT2D eigenvalue weighted by Crippen LogP contribution is 2.17. The Kier molecular flexibility index (Phi) is 7.59. The summed E-state index contributed by atoms with van der Waals surface area (Å²) >= 11 is 5.43. The molecule has 0 radical (unpaired) electrons. The molecule has 0 bridgehead atoms. The number of amides is 1. The number of nitrogens with zero attached hydrogens (tertiary/aromatic N) is 1. The first-order valence-corrected chi connectivity index (χ1v) is 10.9. The number of nitrogens with one attached hydrogen (secondary N) is 3. The normalized spacial score (nSPS) is 11.1. The number of carbonyl (C=O) groups excluding carboxylic acids is 1. The molecule has 0 unspecified atom stereocenters. The molecule has 1 heterocycles. The lowest BCUT2D eigenvalue weighted by atomic mass is 10.1. The van der Waals surface area contributed by atoms with Crippen molar-refractivity contribution in [2.75, 3.05) is 26.7 Å². The molecule has 0 aliphatic rings. The number of likely N-dealkylation sites (N-methyl/N-ethyl adjacent to an activating group) is 1. The van der Waals surface area contributed by atoms with Crippen LogP contribution in [0.2, 0.25) is 0 Å². The van der Waals surface area contributed by atoms with Crippen molar-refractivity contribution in [1.29, 1.82) is 0 Å². The van der Waals surface area contributed by atoms with Crippen LogP contribution in [0.4, 0.5) is 0 Å². The summed E-state index contributed by atoms with van der Waals surface area (Å²) in [7, 11) is 1.60. The minimum atomic E-state index is -0.235. The van der Waals surface area contributed by atoms with E-state index in [0.717, 1.165) is 30.9 Å². The third kappa shape index (κ3) is 5.21. The first-order valence-electron chi connectivity index (χ1n) is 10.5. The SMILES string of the molecule is CC[NH+](CC)CCn1c(=S)[nH]c2cc(C(=O)NCc3ccccc3OC)ccc2c1=O. The molecule has 0 aliphatic carbocycles. The number of aromatic nitrogens is 2. The van der Waals surface area contributed by atoms with Crippen LogP contribution in [0.3, 0.4) is 0 Å². The van der Waals surface area contributed by atoms with E-state index in [-0.39, 0.29) is 11.5 Å². The lowest BCUT2D eigenvalue weighted by Gasteiger charge is -2.16. The number of H-pyrrole nitrogens is 1. The van der Waals surface area contributed by atoms with Gasteiger partial charge in [0.15, 0.2) is 4.77 Å². The fourth-order valence-corrected chi connectivity index (χ4v) is 3.88. The van der Waals surface area contributed by atoms with Crippen LogP contribution in [-0.2, 0) is 13.1 Å². The van der Waals surface area contributed by atoms with Gasteiger partial charge in [-0.05, 0) is 50.3 Å². The van der Waals surface area contributed by atoms with Gasteiger partial charge in [0, 0.05) is 17.7 Å². The van der Waals surface area contributed by atoms with Crippen molar-refractivity contribution >= 4 is 29.0 Å². The molecule has 0 aliphatic heterocycles. The number of methoxy groups -OCH3 is 1. The molecule has 0 saturated heterocycles. The van der Waals surface area contributed by atoms with E-state index >= 15 is 0 Å². The van der Waals surface area contributed by atoms with Gasteiger partial charge in [0.1, 0.15) is 5.75 Å². The molecule has 3 rings (SSSR count). The van der Waals surface area contributed by atoms with E-state index in [4.69, 9.17) is 17.0 Å². The first kappa shape index (κ1) is 22.7. The second-order valence-corrected chi connectivity index (χ2v) is 7.74. The summed E-state index contributed by atoms with van der Waals surface area (Å²) in [5.41, 5.74) is 1.77. The van der Waals surface area contributed by atoms with Crippen LogP contribution in [0, 0.1) is 4.77 Å². The number of hydrogen-bond acceptors (Lipinski definition) is 4. The molecule has 8 heteroatoms. The van der Waals surface area contributed by atoms with Gasteiger partial charge in [-0.2, -0.15) is 0 Å². The van der Waals surface area contributed by atoms with Gasteiger partial charge in [-0.25, -0.2) is 0 Å². The molecule has 1 amide bonds. The molecule has 0 saturated carbocycles. The average Bonchev–Trinajstić information content (AvgIpc) is 2.79. The highest BCUT2D eigenvalue weighted by molar-refractivity contribution is 7.71. The van der Waals surface area contributed by atoms with Gasteiger partial charge in [0.2, 0.25) is 0 Å². The molecule has 2 aromatic carbocycles. The summed E-state index contributed by atoms with van der Waals surface area (Å²) < 4.78 is 7.29. The third-order valence-corrected chi connectivity index (χ3v) is 5.89. The van der Waals surface area contributed by atoms with Crippen LogP contribution in [0.5, 0.6) is 5.75 Å². The van der Waals surface area contributed by atoms with Crippen molar-refractivity contribution in [3.8, 4) is 5.75 Å².